The van der Waals surface area contributed by atoms with Gasteiger partial charge in [-0.25, -0.2) is 4.79 Å². The standard InChI is InChI=1S/C27H23ClN2O4/c1-2-3-13-32-18-8-6-7-17(14-18)25-21-12-11-19(15-24(21)34-26(30)22(25)16-29)33-27(31)20-9-4-5-10-23(20)28/h4-12,14-15,25H,2-3,13,30H2,1H3. The van der Waals surface area contributed by atoms with Crippen LogP contribution >= 0.6 is 11.6 Å². The lowest BCUT2D eigenvalue weighted by Crippen LogP contribution is -2.21. The van der Waals surface area contributed by atoms with Crippen LogP contribution < -0.4 is 19.9 Å². The minimum absolute atomic E-state index is 0.00637. The number of ether oxygens (including phenoxy) is 3. The van der Waals surface area contributed by atoms with E-state index < -0.39 is 11.9 Å². The zero-order chi connectivity index (χ0) is 24.1. The molecule has 1 aliphatic heterocycles. The van der Waals surface area contributed by atoms with Gasteiger partial charge in [-0.3, -0.25) is 0 Å². The van der Waals surface area contributed by atoms with Crippen LogP contribution in [-0.4, -0.2) is 12.6 Å². The summed E-state index contributed by atoms with van der Waals surface area (Å²) in [5, 5.41) is 10.1. The van der Waals surface area contributed by atoms with Gasteiger partial charge in [-0.1, -0.05) is 55.3 Å². The van der Waals surface area contributed by atoms with E-state index in [1.807, 2.05) is 24.3 Å². The number of fused-ring (bicyclic) bond motifs is 1. The van der Waals surface area contributed by atoms with Crippen molar-refractivity contribution in [1.82, 2.24) is 0 Å². The predicted molar refractivity (Wildman–Crippen MR) is 129 cm³/mol. The van der Waals surface area contributed by atoms with Crippen LogP contribution in [-0.2, 0) is 0 Å². The highest BCUT2D eigenvalue weighted by molar-refractivity contribution is 6.33. The van der Waals surface area contributed by atoms with Crippen molar-refractivity contribution in [3.8, 4) is 23.3 Å². The molecule has 1 atom stereocenters. The number of hydrogen-bond acceptors (Lipinski definition) is 6. The monoisotopic (exact) mass is 474 g/mol. The van der Waals surface area contributed by atoms with Gasteiger partial charge in [-0.15, -0.1) is 0 Å². The van der Waals surface area contributed by atoms with Gasteiger partial charge in [0.25, 0.3) is 0 Å². The van der Waals surface area contributed by atoms with Crippen LogP contribution in [0, 0.1) is 11.3 Å². The molecule has 6 nitrogen and oxygen atoms in total. The van der Waals surface area contributed by atoms with Gasteiger partial charge in [-0.2, -0.15) is 5.26 Å². The van der Waals surface area contributed by atoms with Crippen molar-refractivity contribution >= 4 is 17.6 Å². The fourth-order valence-corrected chi connectivity index (χ4v) is 3.96. The molecule has 1 unspecified atom stereocenters. The van der Waals surface area contributed by atoms with Crippen LogP contribution in [0.4, 0.5) is 0 Å². The Morgan fingerprint density at radius 2 is 1.94 bits per heavy atom. The molecule has 0 aromatic heterocycles. The van der Waals surface area contributed by atoms with E-state index >= 15 is 0 Å². The van der Waals surface area contributed by atoms with Gasteiger partial charge in [-0.05, 0) is 42.3 Å². The molecule has 0 bridgehead atoms. The van der Waals surface area contributed by atoms with Gasteiger partial charge in [0.05, 0.1) is 23.1 Å². The van der Waals surface area contributed by atoms with Crippen LogP contribution in [0.2, 0.25) is 5.02 Å². The predicted octanol–water partition coefficient (Wildman–Crippen LogP) is 5.96. The Morgan fingerprint density at radius 1 is 1.12 bits per heavy atom. The number of benzene rings is 3. The molecule has 0 spiro atoms. The van der Waals surface area contributed by atoms with Crippen molar-refractivity contribution in [2.75, 3.05) is 6.61 Å². The quantitative estimate of drug-likeness (QED) is 0.258. The Balaban J connectivity index is 1.66. The van der Waals surface area contributed by atoms with Crippen molar-refractivity contribution in [2.24, 2.45) is 5.73 Å². The number of nitriles is 1. The second-order valence-corrected chi connectivity index (χ2v) is 8.18. The van der Waals surface area contributed by atoms with E-state index in [2.05, 4.69) is 13.0 Å². The summed E-state index contributed by atoms with van der Waals surface area (Å²) in [5.41, 5.74) is 8.25. The molecule has 0 saturated carbocycles. The molecule has 1 aliphatic rings. The fraction of sp³-hybridized carbons (Fsp3) is 0.185. The number of halogens is 1. The molecule has 34 heavy (non-hydrogen) atoms. The van der Waals surface area contributed by atoms with Crippen LogP contribution in [0.3, 0.4) is 0 Å². The SMILES string of the molecule is CCCCOc1cccc(C2C(C#N)=C(N)Oc3cc(OC(=O)c4ccccc4Cl)ccc32)c1. The van der Waals surface area contributed by atoms with Gasteiger partial charge in [0.15, 0.2) is 0 Å². The minimum atomic E-state index is -0.587. The zero-order valence-electron chi connectivity index (χ0n) is 18.6. The number of hydrogen-bond donors (Lipinski definition) is 1. The first-order valence-electron chi connectivity index (χ1n) is 10.9. The fourth-order valence-electron chi connectivity index (χ4n) is 3.75. The Hall–Kier alpha value is -3.95. The van der Waals surface area contributed by atoms with E-state index in [0.717, 1.165) is 29.7 Å². The maximum absolute atomic E-state index is 12.6. The lowest BCUT2D eigenvalue weighted by molar-refractivity contribution is 0.0734. The first kappa shape index (κ1) is 23.2. The summed E-state index contributed by atoms with van der Waals surface area (Å²) in [4.78, 5) is 12.6. The first-order valence-corrected chi connectivity index (χ1v) is 11.3. The number of rotatable bonds is 7. The maximum Gasteiger partial charge on any atom is 0.345 e. The molecule has 0 aliphatic carbocycles. The molecule has 3 aromatic carbocycles. The van der Waals surface area contributed by atoms with Gasteiger partial charge in [0.2, 0.25) is 5.88 Å². The van der Waals surface area contributed by atoms with E-state index in [1.54, 1.807) is 42.5 Å². The number of unbranched alkanes of at least 4 members (excludes halogenated alkanes) is 1. The molecular weight excluding hydrogens is 452 g/mol. The summed E-state index contributed by atoms with van der Waals surface area (Å²) in [6, 6.07) is 21.4. The maximum atomic E-state index is 12.6. The van der Waals surface area contributed by atoms with Crippen LogP contribution in [0.15, 0.2) is 78.2 Å². The number of carbonyl (C=O) groups excluding carboxylic acids is 1. The number of carbonyl (C=O) groups is 1. The third-order valence-electron chi connectivity index (χ3n) is 5.45. The summed E-state index contributed by atoms with van der Waals surface area (Å²) in [6.07, 6.45) is 1.99. The number of nitrogens with two attached hydrogens (primary N) is 1. The third kappa shape index (κ3) is 4.85. The average molecular weight is 475 g/mol. The van der Waals surface area contributed by atoms with Crippen molar-refractivity contribution in [2.45, 2.75) is 25.7 Å². The Morgan fingerprint density at radius 3 is 2.71 bits per heavy atom. The first-order chi connectivity index (χ1) is 16.5. The molecule has 172 valence electrons. The summed E-state index contributed by atoms with van der Waals surface area (Å²) >= 11 is 6.10. The highest BCUT2D eigenvalue weighted by Gasteiger charge is 2.31. The highest BCUT2D eigenvalue weighted by Crippen LogP contribution is 2.44. The second kappa shape index (κ2) is 10.3. The molecule has 0 amide bonds. The van der Waals surface area contributed by atoms with Crippen molar-refractivity contribution in [3.05, 3.63) is 99.9 Å². The smallest absolute Gasteiger partial charge is 0.345 e. The second-order valence-electron chi connectivity index (χ2n) is 7.77. The highest BCUT2D eigenvalue weighted by atomic mass is 35.5. The number of nitrogens with zero attached hydrogens (tertiary/aromatic N) is 1. The van der Waals surface area contributed by atoms with Gasteiger partial charge < -0.3 is 19.9 Å². The van der Waals surface area contributed by atoms with Crippen molar-refractivity contribution < 1.29 is 19.0 Å². The van der Waals surface area contributed by atoms with Gasteiger partial charge in [0.1, 0.15) is 28.9 Å². The largest absolute Gasteiger partial charge is 0.494 e. The van der Waals surface area contributed by atoms with Crippen LogP contribution in [0.25, 0.3) is 0 Å². The van der Waals surface area contributed by atoms with E-state index in [1.165, 1.54) is 0 Å². The Labute approximate surface area is 203 Å². The molecule has 0 fully saturated rings. The molecule has 3 aromatic rings. The van der Waals surface area contributed by atoms with Crippen LogP contribution in [0.1, 0.15) is 47.2 Å². The lowest BCUT2D eigenvalue weighted by Gasteiger charge is -2.27. The lowest BCUT2D eigenvalue weighted by atomic mass is 9.83. The summed E-state index contributed by atoms with van der Waals surface area (Å²) in [7, 11) is 0. The molecular formula is C27H23ClN2O4. The Bertz CT molecular complexity index is 1300. The van der Waals surface area contributed by atoms with E-state index in [-0.39, 0.29) is 17.2 Å². The normalized spacial score (nSPS) is 14.6. The van der Waals surface area contributed by atoms with Gasteiger partial charge >= 0.3 is 5.97 Å². The molecule has 4 rings (SSSR count). The summed E-state index contributed by atoms with van der Waals surface area (Å²) < 4.78 is 17.1. The Kier molecular flexibility index (Phi) is 7.05. The van der Waals surface area contributed by atoms with Crippen molar-refractivity contribution in [1.29, 1.82) is 5.26 Å². The summed E-state index contributed by atoms with van der Waals surface area (Å²) in [6.45, 7) is 2.72. The minimum Gasteiger partial charge on any atom is -0.494 e. The van der Waals surface area contributed by atoms with Gasteiger partial charge in [0, 0.05) is 11.6 Å². The van der Waals surface area contributed by atoms with Crippen molar-refractivity contribution in [3.63, 3.8) is 0 Å². The molecule has 1 heterocycles. The van der Waals surface area contributed by atoms with E-state index in [4.69, 9.17) is 31.5 Å². The third-order valence-corrected chi connectivity index (χ3v) is 5.78. The zero-order valence-corrected chi connectivity index (χ0v) is 19.3. The van der Waals surface area contributed by atoms with Crippen LogP contribution in [0.5, 0.6) is 17.2 Å². The number of esters is 1. The molecule has 0 radical (unpaired) electrons. The van der Waals surface area contributed by atoms with E-state index in [9.17, 15) is 10.1 Å². The number of allylic oxidation sites excluding steroid dienone is 1. The summed E-state index contributed by atoms with van der Waals surface area (Å²) in [5.74, 6) is 0.371. The topological polar surface area (TPSA) is 94.6 Å². The molecule has 7 heteroatoms. The van der Waals surface area contributed by atoms with E-state index in [0.29, 0.717) is 23.0 Å². The average Bonchev–Trinajstić information content (AvgIpc) is 2.83. The molecule has 2 N–H and O–H groups in total. The molecule has 0 saturated heterocycles.